The molecule has 0 saturated heterocycles. The average Bonchev–Trinajstić information content (AvgIpc) is 2.98. The summed E-state index contributed by atoms with van der Waals surface area (Å²) in [5.74, 6) is 0. The Morgan fingerprint density at radius 2 is 2.00 bits per heavy atom. The van der Waals surface area contributed by atoms with Crippen LogP contribution in [0.1, 0.15) is 32.6 Å². The molecule has 1 N–H and O–H groups in total. The lowest BCUT2D eigenvalue weighted by Crippen LogP contribution is -2.41. The highest BCUT2D eigenvalue weighted by Gasteiger charge is 2.28. The highest BCUT2D eigenvalue weighted by atomic mass is 19.4. The Morgan fingerprint density at radius 3 is 2.44 bits per heavy atom. The van der Waals surface area contributed by atoms with Gasteiger partial charge in [-0.1, -0.05) is 6.92 Å². The van der Waals surface area contributed by atoms with Crippen LogP contribution in [-0.2, 0) is 0 Å². The first-order valence-electron chi connectivity index (χ1n) is 5.92. The number of rotatable bonds is 7. The first-order valence-corrected chi connectivity index (χ1v) is 5.92. The maximum absolute atomic E-state index is 12.1. The molecule has 0 amide bonds. The van der Waals surface area contributed by atoms with Crippen LogP contribution in [-0.4, -0.2) is 43.3 Å². The van der Waals surface area contributed by atoms with Crippen molar-refractivity contribution in [1.29, 1.82) is 0 Å². The molecule has 1 atom stereocenters. The second kappa shape index (κ2) is 5.87. The predicted molar refractivity (Wildman–Crippen MR) is 58.4 cm³/mol. The molecule has 0 aromatic carbocycles. The molecule has 2 nitrogen and oxygen atoms in total. The highest BCUT2D eigenvalue weighted by Crippen LogP contribution is 2.21. The molecule has 0 aromatic heterocycles. The lowest BCUT2D eigenvalue weighted by molar-refractivity contribution is -0.138. The summed E-state index contributed by atoms with van der Waals surface area (Å²) >= 11 is 0. The fraction of sp³-hybridized carbons (Fsp3) is 1.00. The second-order valence-corrected chi connectivity index (χ2v) is 4.59. The number of hydrogen-bond acceptors (Lipinski definition) is 2. The van der Waals surface area contributed by atoms with Gasteiger partial charge < -0.3 is 10.2 Å². The van der Waals surface area contributed by atoms with Gasteiger partial charge in [-0.15, -0.1) is 0 Å². The topological polar surface area (TPSA) is 15.3 Å². The van der Waals surface area contributed by atoms with Gasteiger partial charge in [-0.25, -0.2) is 0 Å². The Balaban J connectivity index is 2.21. The molecular weight excluding hydrogens is 217 g/mol. The fourth-order valence-corrected chi connectivity index (χ4v) is 1.69. The zero-order valence-corrected chi connectivity index (χ0v) is 9.98. The summed E-state index contributed by atoms with van der Waals surface area (Å²) in [4.78, 5) is 1.81. The van der Waals surface area contributed by atoms with Crippen LogP contribution in [0.3, 0.4) is 0 Å². The van der Waals surface area contributed by atoms with E-state index in [0.29, 0.717) is 6.04 Å². The Morgan fingerprint density at radius 1 is 1.38 bits per heavy atom. The van der Waals surface area contributed by atoms with Gasteiger partial charge in [0.15, 0.2) is 0 Å². The Bertz CT molecular complexity index is 202. The maximum atomic E-state index is 12.1. The minimum absolute atomic E-state index is 0.0916. The van der Waals surface area contributed by atoms with Crippen molar-refractivity contribution in [2.45, 2.75) is 50.9 Å². The molecule has 0 heterocycles. The fourth-order valence-electron chi connectivity index (χ4n) is 1.69. The lowest BCUT2D eigenvalue weighted by Gasteiger charge is -2.27. The Hall–Kier alpha value is -0.290. The van der Waals surface area contributed by atoms with Crippen LogP contribution < -0.4 is 5.32 Å². The van der Waals surface area contributed by atoms with Crippen molar-refractivity contribution in [3.8, 4) is 0 Å². The van der Waals surface area contributed by atoms with Crippen LogP contribution in [0, 0.1) is 0 Å². The van der Waals surface area contributed by atoms with E-state index in [1.165, 1.54) is 12.8 Å². The number of alkyl halides is 3. The van der Waals surface area contributed by atoms with E-state index < -0.39 is 12.6 Å². The number of likely N-dealkylation sites (N-methyl/N-ethyl adjacent to an activating group) is 1. The molecule has 1 unspecified atom stereocenters. The zero-order chi connectivity index (χ0) is 12.2. The van der Waals surface area contributed by atoms with Crippen LogP contribution in [0.2, 0.25) is 0 Å². The summed E-state index contributed by atoms with van der Waals surface area (Å²) in [6.45, 7) is 2.91. The van der Waals surface area contributed by atoms with Gasteiger partial charge in [0.2, 0.25) is 0 Å². The third kappa shape index (κ3) is 5.70. The van der Waals surface area contributed by atoms with Crippen LogP contribution in [0.15, 0.2) is 0 Å². The number of halogens is 3. The van der Waals surface area contributed by atoms with E-state index in [4.69, 9.17) is 0 Å². The van der Waals surface area contributed by atoms with E-state index in [9.17, 15) is 13.2 Å². The second-order valence-electron chi connectivity index (χ2n) is 4.59. The van der Waals surface area contributed by atoms with Crippen LogP contribution in [0.25, 0.3) is 0 Å². The summed E-state index contributed by atoms with van der Waals surface area (Å²) in [5.41, 5.74) is 0. The van der Waals surface area contributed by atoms with Gasteiger partial charge in [0.25, 0.3) is 0 Å². The molecule has 1 saturated carbocycles. The van der Waals surface area contributed by atoms with Crippen molar-refractivity contribution in [3.63, 3.8) is 0 Å². The Kier molecular flexibility index (Phi) is 5.05. The molecule has 0 spiro atoms. The summed E-state index contributed by atoms with van der Waals surface area (Å²) in [5, 5.41) is 3.36. The summed E-state index contributed by atoms with van der Waals surface area (Å²) < 4.78 is 36.2. The minimum atomic E-state index is -4.05. The predicted octanol–water partition coefficient (Wildman–Crippen LogP) is 2.40. The molecule has 1 fully saturated rings. The van der Waals surface area contributed by atoms with Crippen LogP contribution in [0.5, 0.6) is 0 Å². The van der Waals surface area contributed by atoms with E-state index in [0.717, 1.165) is 13.0 Å². The lowest BCUT2D eigenvalue weighted by atomic mass is 10.2. The summed E-state index contributed by atoms with van der Waals surface area (Å²) in [6.07, 6.45) is -1.46. The van der Waals surface area contributed by atoms with Crippen LogP contribution in [0.4, 0.5) is 13.2 Å². The molecule has 0 aromatic rings. The van der Waals surface area contributed by atoms with E-state index >= 15 is 0 Å². The smallest absolute Gasteiger partial charge is 0.312 e. The van der Waals surface area contributed by atoms with Gasteiger partial charge in [-0.05, 0) is 26.3 Å². The summed E-state index contributed by atoms with van der Waals surface area (Å²) in [6, 6.07) is 0.827. The zero-order valence-electron chi connectivity index (χ0n) is 9.98. The molecule has 0 bridgehead atoms. The molecule has 0 aliphatic heterocycles. The van der Waals surface area contributed by atoms with Gasteiger partial charge in [0.05, 0.1) is 6.42 Å². The van der Waals surface area contributed by atoms with E-state index in [1.807, 2.05) is 11.8 Å². The van der Waals surface area contributed by atoms with E-state index in [2.05, 4.69) is 5.32 Å². The third-order valence-electron chi connectivity index (χ3n) is 3.06. The third-order valence-corrected chi connectivity index (χ3v) is 3.06. The molecule has 96 valence electrons. The van der Waals surface area contributed by atoms with Crippen molar-refractivity contribution in [1.82, 2.24) is 10.2 Å². The maximum Gasteiger partial charge on any atom is 0.390 e. The van der Waals surface area contributed by atoms with Gasteiger partial charge in [-0.3, -0.25) is 0 Å². The van der Waals surface area contributed by atoms with Crippen molar-refractivity contribution in [2.75, 3.05) is 20.1 Å². The molecular formula is C11H21F3N2. The number of hydrogen-bond donors (Lipinski definition) is 1. The molecule has 5 heteroatoms. The quantitative estimate of drug-likeness (QED) is 0.732. The molecule has 16 heavy (non-hydrogen) atoms. The van der Waals surface area contributed by atoms with Crippen LogP contribution >= 0.6 is 0 Å². The van der Waals surface area contributed by atoms with E-state index in [1.54, 1.807) is 7.05 Å². The van der Waals surface area contributed by atoms with E-state index in [-0.39, 0.29) is 12.6 Å². The van der Waals surface area contributed by atoms with Gasteiger partial charge in [0.1, 0.15) is 0 Å². The minimum Gasteiger partial charge on any atom is -0.312 e. The van der Waals surface area contributed by atoms with Crippen molar-refractivity contribution in [3.05, 3.63) is 0 Å². The highest BCUT2D eigenvalue weighted by molar-refractivity contribution is 4.83. The van der Waals surface area contributed by atoms with Crippen molar-refractivity contribution < 1.29 is 13.2 Å². The first-order chi connectivity index (χ1) is 7.42. The van der Waals surface area contributed by atoms with Crippen molar-refractivity contribution in [2.24, 2.45) is 0 Å². The number of nitrogens with one attached hydrogen (secondary N) is 1. The van der Waals surface area contributed by atoms with Gasteiger partial charge in [0, 0.05) is 25.2 Å². The largest absolute Gasteiger partial charge is 0.390 e. The number of nitrogens with zero attached hydrogens (tertiary/aromatic N) is 1. The average molecular weight is 238 g/mol. The summed E-state index contributed by atoms with van der Waals surface area (Å²) in [7, 11) is 1.77. The Labute approximate surface area is 95.2 Å². The SMILES string of the molecule is CCC(CNC1CC1)N(C)CCC(F)(F)F. The normalized spacial score (nSPS) is 19.1. The van der Waals surface area contributed by atoms with Gasteiger partial charge >= 0.3 is 6.18 Å². The first kappa shape index (κ1) is 13.8. The molecule has 1 aliphatic rings. The molecule has 1 rings (SSSR count). The van der Waals surface area contributed by atoms with Crippen molar-refractivity contribution >= 4 is 0 Å². The molecule has 0 radical (unpaired) electrons. The monoisotopic (exact) mass is 238 g/mol. The molecule has 1 aliphatic carbocycles. The standard InChI is InChI=1S/C11H21F3N2/c1-3-10(8-15-9-4-5-9)16(2)7-6-11(12,13)14/h9-10,15H,3-8H2,1-2H3. The van der Waals surface area contributed by atoms with Gasteiger partial charge in [-0.2, -0.15) is 13.2 Å².